The lowest BCUT2D eigenvalue weighted by Gasteiger charge is -2.32. The van der Waals surface area contributed by atoms with Crippen LogP contribution in [0.15, 0.2) is 60.8 Å². The first kappa shape index (κ1) is 18.5. The molecule has 1 aliphatic heterocycles. The minimum absolute atomic E-state index is 0.152. The van der Waals surface area contributed by atoms with Crippen molar-refractivity contribution < 1.29 is 14.3 Å². The van der Waals surface area contributed by atoms with Crippen molar-refractivity contribution >= 4 is 34.3 Å². The average molecular weight is 398 g/mol. The first-order valence-corrected chi connectivity index (χ1v) is 9.48. The molecule has 1 saturated heterocycles. The van der Waals surface area contributed by atoms with E-state index >= 15 is 0 Å². The molecule has 2 aromatic carbocycles. The van der Waals surface area contributed by atoms with E-state index in [2.05, 4.69) is 21.3 Å². The van der Waals surface area contributed by atoms with Gasteiger partial charge in [0.2, 0.25) is 5.91 Å². The fourth-order valence-electron chi connectivity index (χ4n) is 3.48. The van der Waals surface area contributed by atoms with Gasteiger partial charge in [-0.25, -0.2) is 0 Å². The van der Waals surface area contributed by atoms with Gasteiger partial charge in [-0.05, 0) is 29.1 Å². The van der Waals surface area contributed by atoms with Crippen molar-refractivity contribution in [3.8, 4) is 0 Å². The van der Waals surface area contributed by atoms with Crippen LogP contribution < -0.4 is 10.6 Å². The molecule has 0 spiro atoms. The molecule has 6 nitrogen and oxygen atoms in total. The molecule has 4 rings (SSSR count). The topological polar surface area (TPSA) is 72.4 Å². The molecule has 2 atom stereocenters. The number of para-hydroxylation sites is 1. The van der Waals surface area contributed by atoms with E-state index in [0.29, 0.717) is 23.7 Å². The van der Waals surface area contributed by atoms with Gasteiger partial charge in [0.25, 0.3) is 5.91 Å². The smallest absolute Gasteiger partial charge is 0.251 e. The van der Waals surface area contributed by atoms with Gasteiger partial charge in [0, 0.05) is 29.8 Å². The van der Waals surface area contributed by atoms with Gasteiger partial charge >= 0.3 is 0 Å². The summed E-state index contributed by atoms with van der Waals surface area (Å²) in [5, 5.41) is 7.37. The molecule has 28 heavy (non-hydrogen) atoms. The standard InChI is InChI=1S/C21H20ClN3O3/c22-16-7-3-2-6-15(16)19-20(28-13-18(26)24-19)21(27)23-10-12-25-11-9-14-5-1-4-8-17(14)25/h1-9,11,19-20H,10,12-13H2,(H,23,27)(H,24,26)/t19-,20+/m1/s1. The van der Waals surface area contributed by atoms with Crippen LogP contribution in [0.5, 0.6) is 0 Å². The summed E-state index contributed by atoms with van der Waals surface area (Å²) in [4.78, 5) is 24.6. The van der Waals surface area contributed by atoms with Crippen molar-refractivity contribution in [2.24, 2.45) is 0 Å². The summed E-state index contributed by atoms with van der Waals surface area (Å²) >= 11 is 6.26. The van der Waals surface area contributed by atoms with Crippen LogP contribution in [0.2, 0.25) is 5.02 Å². The van der Waals surface area contributed by atoms with Crippen molar-refractivity contribution in [3.05, 3.63) is 71.4 Å². The molecule has 1 aliphatic rings. The summed E-state index contributed by atoms with van der Waals surface area (Å²) in [6.45, 7) is 0.928. The Labute approximate surface area is 167 Å². The normalized spacial score (nSPS) is 19.4. The number of hydrogen-bond acceptors (Lipinski definition) is 3. The molecular weight excluding hydrogens is 378 g/mol. The number of hydrogen-bond donors (Lipinski definition) is 2. The van der Waals surface area contributed by atoms with Crippen LogP contribution in [0, 0.1) is 0 Å². The molecule has 0 unspecified atom stereocenters. The van der Waals surface area contributed by atoms with E-state index in [4.69, 9.17) is 16.3 Å². The van der Waals surface area contributed by atoms with Gasteiger partial charge in [-0.3, -0.25) is 9.59 Å². The lowest BCUT2D eigenvalue weighted by molar-refractivity contribution is -0.148. The van der Waals surface area contributed by atoms with E-state index in [1.807, 2.05) is 36.5 Å². The number of rotatable bonds is 5. The third kappa shape index (κ3) is 3.74. The second-order valence-electron chi connectivity index (χ2n) is 6.66. The number of amides is 2. The van der Waals surface area contributed by atoms with Crippen LogP contribution in [0.3, 0.4) is 0 Å². The van der Waals surface area contributed by atoms with Gasteiger partial charge in [-0.15, -0.1) is 0 Å². The Morgan fingerprint density at radius 1 is 1.18 bits per heavy atom. The first-order valence-electron chi connectivity index (χ1n) is 9.10. The number of morpholine rings is 1. The minimum atomic E-state index is -0.834. The Bertz CT molecular complexity index is 1020. The molecule has 2 heterocycles. The Balaban J connectivity index is 1.44. The number of ether oxygens (including phenoxy) is 1. The van der Waals surface area contributed by atoms with Crippen LogP contribution in [0.1, 0.15) is 11.6 Å². The van der Waals surface area contributed by atoms with Crippen LogP contribution in [0.4, 0.5) is 0 Å². The maximum atomic E-state index is 12.8. The highest BCUT2D eigenvalue weighted by Crippen LogP contribution is 2.28. The molecule has 144 valence electrons. The molecule has 7 heteroatoms. The van der Waals surface area contributed by atoms with Gasteiger partial charge < -0.3 is 19.9 Å². The molecule has 2 amide bonds. The van der Waals surface area contributed by atoms with Crippen molar-refractivity contribution in [2.75, 3.05) is 13.2 Å². The van der Waals surface area contributed by atoms with E-state index in [9.17, 15) is 9.59 Å². The molecule has 1 aromatic heterocycles. The molecule has 0 radical (unpaired) electrons. The third-order valence-corrected chi connectivity index (χ3v) is 5.19. The second-order valence-corrected chi connectivity index (χ2v) is 7.06. The predicted molar refractivity (Wildman–Crippen MR) is 107 cm³/mol. The van der Waals surface area contributed by atoms with Gasteiger partial charge in [-0.1, -0.05) is 48.0 Å². The van der Waals surface area contributed by atoms with Gasteiger partial charge in [0.15, 0.2) is 6.10 Å². The van der Waals surface area contributed by atoms with Crippen molar-refractivity contribution in [1.29, 1.82) is 0 Å². The summed E-state index contributed by atoms with van der Waals surface area (Å²) in [5.41, 5.74) is 1.78. The van der Waals surface area contributed by atoms with Gasteiger partial charge in [0.05, 0.1) is 6.04 Å². The Kier molecular flexibility index (Phi) is 5.32. The molecule has 3 aromatic rings. The zero-order chi connectivity index (χ0) is 19.5. The zero-order valence-corrected chi connectivity index (χ0v) is 15.9. The SMILES string of the molecule is O=C1CO[C@H](C(=O)NCCn2ccc3ccccc32)[C@@H](c2ccccc2Cl)N1. The monoisotopic (exact) mass is 397 g/mol. The van der Waals surface area contributed by atoms with E-state index in [0.717, 1.165) is 10.9 Å². The van der Waals surface area contributed by atoms with Crippen molar-refractivity contribution in [2.45, 2.75) is 18.7 Å². The van der Waals surface area contributed by atoms with Crippen LogP contribution in [-0.4, -0.2) is 35.6 Å². The van der Waals surface area contributed by atoms with Gasteiger partial charge in [0.1, 0.15) is 6.61 Å². The highest BCUT2D eigenvalue weighted by molar-refractivity contribution is 6.31. The second kappa shape index (κ2) is 8.04. The number of nitrogens with zero attached hydrogens (tertiary/aromatic N) is 1. The third-order valence-electron chi connectivity index (χ3n) is 4.84. The molecule has 2 N–H and O–H groups in total. The van der Waals surface area contributed by atoms with E-state index in [-0.39, 0.29) is 18.4 Å². The number of halogens is 1. The largest absolute Gasteiger partial charge is 0.356 e. The summed E-state index contributed by atoms with van der Waals surface area (Å²) in [6, 6.07) is 16.6. The number of fused-ring (bicyclic) bond motifs is 1. The Hall–Kier alpha value is -2.83. The van der Waals surface area contributed by atoms with Crippen LogP contribution in [-0.2, 0) is 20.9 Å². The quantitative estimate of drug-likeness (QED) is 0.695. The van der Waals surface area contributed by atoms with Crippen molar-refractivity contribution in [3.63, 3.8) is 0 Å². The maximum absolute atomic E-state index is 12.8. The molecule has 0 saturated carbocycles. The van der Waals surface area contributed by atoms with Crippen LogP contribution >= 0.6 is 11.6 Å². The van der Waals surface area contributed by atoms with E-state index < -0.39 is 12.1 Å². The Morgan fingerprint density at radius 3 is 2.82 bits per heavy atom. The highest BCUT2D eigenvalue weighted by atomic mass is 35.5. The zero-order valence-electron chi connectivity index (χ0n) is 15.1. The Morgan fingerprint density at radius 2 is 1.96 bits per heavy atom. The number of carbonyl (C=O) groups excluding carboxylic acids is 2. The highest BCUT2D eigenvalue weighted by Gasteiger charge is 2.36. The number of benzene rings is 2. The predicted octanol–water partition coefficient (Wildman–Crippen LogP) is 2.67. The molecule has 1 fully saturated rings. The maximum Gasteiger partial charge on any atom is 0.251 e. The summed E-state index contributed by atoms with van der Waals surface area (Å²) < 4.78 is 7.63. The summed E-state index contributed by atoms with van der Waals surface area (Å²) in [5.74, 6) is -0.547. The molecule has 0 bridgehead atoms. The number of aromatic nitrogens is 1. The van der Waals surface area contributed by atoms with E-state index in [1.54, 1.807) is 18.2 Å². The van der Waals surface area contributed by atoms with Gasteiger partial charge in [-0.2, -0.15) is 0 Å². The summed E-state index contributed by atoms with van der Waals surface area (Å²) in [6.07, 6.45) is 1.17. The number of nitrogens with one attached hydrogen (secondary N) is 2. The first-order chi connectivity index (χ1) is 13.6. The number of carbonyl (C=O) groups is 2. The fourth-order valence-corrected chi connectivity index (χ4v) is 3.74. The van der Waals surface area contributed by atoms with Crippen molar-refractivity contribution in [1.82, 2.24) is 15.2 Å². The van der Waals surface area contributed by atoms with E-state index in [1.165, 1.54) is 0 Å². The minimum Gasteiger partial charge on any atom is -0.356 e. The lowest BCUT2D eigenvalue weighted by atomic mass is 9.99. The average Bonchev–Trinajstić information content (AvgIpc) is 3.11. The summed E-state index contributed by atoms with van der Waals surface area (Å²) in [7, 11) is 0. The fraction of sp³-hybridized carbons (Fsp3) is 0.238. The lowest BCUT2D eigenvalue weighted by Crippen LogP contribution is -2.52. The molecule has 0 aliphatic carbocycles. The van der Waals surface area contributed by atoms with Crippen LogP contribution in [0.25, 0.3) is 10.9 Å². The molecular formula is C21H20ClN3O3.